The van der Waals surface area contributed by atoms with Crippen molar-refractivity contribution in [2.24, 2.45) is 5.73 Å². The number of rotatable bonds is 6. The first-order valence-electron chi connectivity index (χ1n) is 9.22. The Morgan fingerprint density at radius 1 is 1.03 bits per heavy atom. The highest BCUT2D eigenvalue weighted by atomic mass is 32.1. The van der Waals surface area contributed by atoms with Crippen LogP contribution in [0.3, 0.4) is 0 Å². The molecule has 0 aliphatic heterocycles. The van der Waals surface area contributed by atoms with E-state index in [9.17, 15) is 13.2 Å². The molecular formula is C21H18F3N5S. The van der Waals surface area contributed by atoms with Gasteiger partial charge in [-0.1, -0.05) is 24.3 Å². The Morgan fingerprint density at radius 2 is 1.83 bits per heavy atom. The maximum absolute atomic E-state index is 12.6. The van der Waals surface area contributed by atoms with Gasteiger partial charge in [-0.2, -0.15) is 22.5 Å². The molecule has 0 bridgehead atoms. The number of benzene rings is 2. The number of anilines is 1. The van der Waals surface area contributed by atoms with E-state index in [1.54, 1.807) is 12.4 Å². The van der Waals surface area contributed by atoms with Crippen LogP contribution >= 0.6 is 11.5 Å². The van der Waals surface area contributed by atoms with Crippen LogP contribution in [0.2, 0.25) is 0 Å². The Morgan fingerprint density at radius 3 is 2.60 bits per heavy atom. The lowest BCUT2D eigenvalue weighted by Crippen LogP contribution is -2.31. The van der Waals surface area contributed by atoms with Crippen molar-refractivity contribution in [1.29, 1.82) is 0 Å². The second kappa shape index (κ2) is 8.37. The number of hydrogen-bond acceptors (Lipinski definition) is 6. The lowest BCUT2D eigenvalue weighted by atomic mass is 10.0. The molecule has 0 aliphatic rings. The summed E-state index contributed by atoms with van der Waals surface area (Å²) in [5.41, 5.74) is 7.12. The summed E-state index contributed by atoms with van der Waals surface area (Å²) in [4.78, 5) is 8.61. The van der Waals surface area contributed by atoms with Crippen molar-refractivity contribution in [3.63, 3.8) is 0 Å². The summed E-state index contributed by atoms with van der Waals surface area (Å²) < 4.78 is 42.3. The van der Waals surface area contributed by atoms with Gasteiger partial charge in [-0.3, -0.25) is 4.98 Å². The number of aromatic nitrogens is 3. The Hall–Kier alpha value is -3.04. The molecule has 2 heterocycles. The first kappa shape index (κ1) is 20.2. The molecule has 154 valence electrons. The number of nitrogens with zero attached hydrogens (tertiary/aromatic N) is 3. The molecule has 9 heteroatoms. The molecule has 0 saturated heterocycles. The van der Waals surface area contributed by atoms with Crippen LogP contribution in [0.15, 0.2) is 60.9 Å². The maximum Gasteiger partial charge on any atom is 0.416 e. The van der Waals surface area contributed by atoms with E-state index in [1.165, 1.54) is 23.7 Å². The smallest absolute Gasteiger partial charge is 0.359 e. The van der Waals surface area contributed by atoms with Crippen molar-refractivity contribution in [3.8, 4) is 11.4 Å². The van der Waals surface area contributed by atoms with Crippen molar-refractivity contribution in [2.45, 2.75) is 18.6 Å². The summed E-state index contributed by atoms with van der Waals surface area (Å²) in [6.07, 6.45) is -0.334. The molecule has 2 aromatic carbocycles. The zero-order valence-electron chi connectivity index (χ0n) is 15.7. The fourth-order valence-corrected chi connectivity index (χ4v) is 3.65. The maximum atomic E-state index is 12.6. The Kier molecular flexibility index (Phi) is 5.65. The molecule has 5 nitrogen and oxygen atoms in total. The number of halogens is 3. The largest absolute Gasteiger partial charge is 0.416 e. The molecule has 4 rings (SSSR count). The SMILES string of the molecule is NC(CNc1nc(-c2ccc3cnccc3c2)ns1)Cc1ccc(C(F)(F)F)cc1. The number of nitrogens with one attached hydrogen (secondary N) is 1. The standard InChI is InChI=1S/C21H18F3N5S/c22-21(23,24)17-5-1-13(2-6-17)9-18(25)12-27-20-28-19(29-30-20)15-3-4-16-11-26-8-7-14(16)10-15/h1-8,10-11,18H,9,12,25H2,(H,27,28,29). The second-order valence-electron chi connectivity index (χ2n) is 6.90. The average Bonchev–Trinajstić information content (AvgIpc) is 3.21. The third-order valence-corrected chi connectivity index (χ3v) is 5.29. The predicted octanol–water partition coefficient (Wildman–Crippen LogP) is 4.75. The lowest BCUT2D eigenvalue weighted by Gasteiger charge is -2.13. The van der Waals surface area contributed by atoms with Crippen molar-refractivity contribution in [3.05, 3.63) is 72.1 Å². The van der Waals surface area contributed by atoms with Gasteiger partial charge in [0, 0.05) is 47.5 Å². The van der Waals surface area contributed by atoms with Crippen molar-refractivity contribution in [2.75, 3.05) is 11.9 Å². The molecule has 0 fully saturated rings. The van der Waals surface area contributed by atoms with Gasteiger partial charge in [0.2, 0.25) is 5.13 Å². The van der Waals surface area contributed by atoms with Crippen molar-refractivity contribution in [1.82, 2.24) is 14.3 Å². The predicted molar refractivity (Wildman–Crippen MR) is 112 cm³/mol. The van der Waals surface area contributed by atoms with Crippen LogP contribution < -0.4 is 11.1 Å². The van der Waals surface area contributed by atoms with E-state index in [-0.39, 0.29) is 6.04 Å². The third-order valence-electron chi connectivity index (χ3n) is 4.62. The van der Waals surface area contributed by atoms with E-state index in [0.29, 0.717) is 23.9 Å². The molecule has 0 aliphatic carbocycles. The molecule has 4 aromatic rings. The lowest BCUT2D eigenvalue weighted by molar-refractivity contribution is -0.137. The fourth-order valence-electron chi connectivity index (χ4n) is 3.06. The molecule has 0 amide bonds. The van der Waals surface area contributed by atoms with E-state index in [0.717, 1.165) is 34.0 Å². The van der Waals surface area contributed by atoms with Gasteiger partial charge >= 0.3 is 6.18 Å². The van der Waals surface area contributed by atoms with E-state index >= 15 is 0 Å². The minimum Gasteiger partial charge on any atom is -0.359 e. The molecule has 3 N–H and O–H groups in total. The highest BCUT2D eigenvalue weighted by molar-refractivity contribution is 7.09. The molecule has 0 spiro atoms. The van der Waals surface area contributed by atoms with Crippen molar-refractivity contribution < 1.29 is 13.2 Å². The number of alkyl halides is 3. The van der Waals surface area contributed by atoms with Gasteiger partial charge in [-0.25, -0.2) is 0 Å². The normalized spacial score (nSPS) is 12.8. The quantitative estimate of drug-likeness (QED) is 0.462. The topological polar surface area (TPSA) is 76.7 Å². The summed E-state index contributed by atoms with van der Waals surface area (Å²) in [5, 5.41) is 5.90. The first-order chi connectivity index (χ1) is 14.4. The number of nitrogens with two attached hydrogens (primary N) is 1. The Balaban J connectivity index is 1.35. The van der Waals surface area contributed by atoms with E-state index in [4.69, 9.17) is 5.73 Å². The molecule has 0 saturated carbocycles. The van der Waals surface area contributed by atoms with E-state index < -0.39 is 11.7 Å². The van der Waals surface area contributed by atoms with Crippen LogP contribution in [-0.2, 0) is 12.6 Å². The highest BCUT2D eigenvalue weighted by Crippen LogP contribution is 2.29. The first-order valence-corrected chi connectivity index (χ1v) is 9.99. The molecule has 2 aromatic heterocycles. The minimum absolute atomic E-state index is 0.276. The van der Waals surface area contributed by atoms with Crippen LogP contribution in [0.4, 0.5) is 18.3 Å². The zero-order chi connectivity index (χ0) is 21.1. The van der Waals surface area contributed by atoms with E-state index in [2.05, 4.69) is 19.7 Å². The molecule has 0 radical (unpaired) electrons. The van der Waals surface area contributed by atoms with Gasteiger partial charge in [-0.05, 0) is 41.6 Å². The van der Waals surface area contributed by atoms with Crippen LogP contribution in [-0.4, -0.2) is 26.9 Å². The molecule has 30 heavy (non-hydrogen) atoms. The highest BCUT2D eigenvalue weighted by Gasteiger charge is 2.29. The minimum atomic E-state index is -4.33. The van der Waals surface area contributed by atoms with Gasteiger partial charge in [0.25, 0.3) is 0 Å². The van der Waals surface area contributed by atoms with Crippen LogP contribution in [0, 0.1) is 0 Å². The molecular weight excluding hydrogens is 411 g/mol. The molecule has 1 atom stereocenters. The summed E-state index contributed by atoms with van der Waals surface area (Å²) in [5.74, 6) is 0.623. The van der Waals surface area contributed by atoms with Crippen LogP contribution in [0.25, 0.3) is 22.2 Å². The number of pyridine rings is 1. The average molecular weight is 429 g/mol. The summed E-state index contributed by atoms with van der Waals surface area (Å²) in [6.45, 7) is 0.430. The third kappa shape index (κ3) is 4.74. The van der Waals surface area contributed by atoms with Crippen molar-refractivity contribution >= 4 is 27.4 Å². The zero-order valence-corrected chi connectivity index (χ0v) is 16.5. The van der Waals surface area contributed by atoms with Gasteiger partial charge in [0.15, 0.2) is 5.82 Å². The van der Waals surface area contributed by atoms with Gasteiger partial charge < -0.3 is 11.1 Å². The van der Waals surface area contributed by atoms with Gasteiger partial charge in [0.05, 0.1) is 5.56 Å². The summed E-state index contributed by atoms with van der Waals surface area (Å²) in [7, 11) is 0. The van der Waals surface area contributed by atoms with Crippen LogP contribution in [0.1, 0.15) is 11.1 Å². The second-order valence-corrected chi connectivity index (χ2v) is 7.65. The Bertz CT molecular complexity index is 1140. The Labute approximate surface area is 175 Å². The molecule has 1 unspecified atom stereocenters. The number of hydrogen-bond donors (Lipinski definition) is 2. The monoisotopic (exact) mass is 429 g/mol. The summed E-state index contributed by atoms with van der Waals surface area (Å²) >= 11 is 1.24. The van der Waals surface area contributed by atoms with Gasteiger partial charge in [-0.15, -0.1) is 0 Å². The fraction of sp³-hybridized carbons (Fsp3) is 0.190. The summed E-state index contributed by atoms with van der Waals surface area (Å²) in [6, 6.07) is 12.7. The number of fused-ring (bicyclic) bond motifs is 1. The van der Waals surface area contributed by atoms with E-state index in [1.807, 2.05) is 24.3 Å². The van der Waals surface area contributed by atoms with Gasteiger partial charge in [0.1, 0.15) is 0 Å². The van der Waals surface area contributed by atoms with Crippen LogP contribution in [0.5, 0.6) is 0 Å².